The molecule has 0 aliphatic rings. The third-order valence-electron chi connectivity index (χ3n) is 1.49. The number of hydrogen-bond acceptors (Lipinski definition) is 6. The SMILES string of the molecule is CCC(=O)O[C@H](COC(C)=O)COP(=O)(O)O. The number of phosphoric acid groups is 1. The third-order valence-corrected chi connectivity index (χ3v) is 1.97. The smallest absolute Gasteiger partial charge is 0.462 e. The average molecular weight is 270 g/mol. The van der Waals surface area contributed by atoms with E-state index in [1.807, 2.05) is 0 Å². The molecule has 8 nitrogen and oxygen atoms in total. The lowest BCUT2D eigenvalue weighted by Gasteiger charge is -2.17. The van der Waals surface area contributed by atoms with E-state index in [1.165, 1.54) is 0 Å². The van der Waals surface area contributed by atoms with Gasteiger partial charge < -0.3 is 19.3 Å². The Bertz CT molecular complexity index is 309. The molecule has 1 atom stereocenters. The van der Waals surface area contributed by atoms with Crippen LogP contribution in [0.1, 0.15) is 20.3 Å². The van der Waals surface area contributed by atoms with Gasteiger partial charge in [-0.25, -0.2) is 4.57 Å². The minimum atomic E-state index is -4.65. The molecule has 0 bridgehead atoms. The minimum absolute atomic E-state index is 0.0898. The van der Waals surface area contributed by atoms with Crippen LogP contribution >= 0.6 is 7.82 Å². The molecule has 0 aromatic heterocycles. The largest absolute Gasteiger partial charge is 0.469 e. The first-order valence-corrected chi connectivity index (χ1v) is 6.30. The molecular formula is C8H15O8P. The summed E-state index contributed by atoms with van der Waals surface area (Å²) in [5.41, 5.74) is 0. The number of esters is 2. The highest BCUT2D eigenvalue weighted by molar-refractivity contribution is 7.46. The molecule has 9 heteroatoms. The number of carbonyl (C=O) groups excluding carboxylic acids is 2. The van der Waals surface area contributed by atoms with Crippen molar-refractivity contribution in [1.29, 1.82) is 0 Å². The summed E-state index contributed by atoms with van der Waals surface area (Å²) >= 11 is 0. The van der Waals surface area contributed by atoms with Crippen molar-refractivity contribution in [2.24, 2.45) is 0 Å². The van der Waals surface area contributed by atoms with Gasteiger partial charge >= 0.3 is 19.8 Å². The highest BCUT2D eigenvalue weighted by Gasteiger charge is 2.21. The molecule has 0 radical (unpaired) electrons. The van der Waals surface area contributed by atoms with Crippen LogP contribution in [-0.4, -0.2) is 41.0 Å². The van der Waals surface area contributed by atoms with Crippen LogP contribution in [0.4, 0.5) is 0 Å². The molecule has 0 amide bonds. The molecule has 0 fully saturated rings. The summed E-state index contributed by atoms with van der Waals surface area (Å²) in [6.45, 7) is 1.84. The molecule has 0 unspecified atom stereocenters. The maximum Gasteiger partial charge on any atom is 0.469 e. The van der Waals surface area contributed by atoms with Gasteiger partial charge in [0.25, 0.3) is 0 Å². The summed E-state index contributed by atoms with van der Waals surface area (Å²) in [6.07, 6.45) is -0.953. The fourth-order valence-corrected chi connectivity index (χ4v) is 1.14. The fourth-order valence-electron chi connectivity index (χ4n) is 0.776. The number of rotatable bonds is 7. The van der Waals surface area contributed by atoms with Gasteiger partial charge in [0.2, 0.25) is 0 Å². The first-order valence-electron chi connectivity index (χ1n) is 4.77. The van der Waals surface area contributed by atoms with E-state index >= 15 is 0 Å². The predicted octanol–water partition coefficient (Wildman–Crippen LogP) is -0.0194. The summed E-state index contributed by atoms with van der Waals surface area (Å²) in [7, 11) is -4.65. The lowest BCUT2D eigenvalue weighted by atomic mass is 10.4. The van der Waals surface area contributed by atoms with Crippen molar-refractivity contribution in [3.8, 4) is 0 Å². The molecule has 0 heterocycles. The normalized spacial score (nSPS) is 12.9. The molecule has 0 saturated heterocycles. The number of ether oxygens (including phenoxy) is 2. The number of carbonyl (C=O) groups is 2. The zero-order chi connectivity index (χ0) is 13.5. The standard InChI is InChI=1S/C8H15O8P/c1-3-8(10)16-7(4-14-6(2)9)5-15-17(11,12)13/h7H,3-5H2,1-2H3,(H2,11,12,13)/t7-/m1/s1. The van der Waals surface area contributed by atoms with Crippen molar-refractivity contribution in [3.63, 3.8) is 0 Å². The van der Waals surface area contributed by atoms with Crippen molar-refractivity contribution in [2.45, 2.75) is 26.4 Å². The molecule has 0 aliphatic carbocycles. The molecule has 0 rings (SSSR count). The van der Waals surface area contributed by atoms with Crippen LogP contribution < -0.4 is 0 Å². The minimum Gasteiger partial charge on any atom is -0.462 e. The van der Waals surface area contributed by atoms with Crippen LogP contribution in [-0.2, 0) is 28.2 Å². The molecule has 100 valence electrons. The Balaban J connectivity index is 4.24. The summed E-state index contributed by atoms with van der Waals surface area (Å²) in [4.78, 5) is 38.5. The van der Waals surface area contributed by atoms with E-state index in [4.69, 9.17) is 14.5 Å². The van der Waals surface area contributed by atoms with Crippen molar-refractivity contribution in [1.82, 2.24) is 0 Å². The van der Waals surface area contributed by atoms with Crippen molar-refractivity contribution in [2.75, 3.05) is 13.2 Å². The highest BCUT2D eigenvalue weighted by atomic mass is 31.2. The molecule has 2 N–H and O–H groups in total. The van der Waals surface area contributed by atoms with Crippen LogP contribution in [0.3, 0.4) is 0 Å². The Morgan fingerprint density at radius 2 is 1.88 bits per heavy atom. The molecule has 17 heavy (non-hydrogen) atoms. The second-order valence-corrected chi connectivity index (χ2v) is 4.29. The van der Waals surface area contributed by atoms with E-state index in [-0.39, 0.29) is 13.0 Å². The van der Waals surface area contributed by atoms with Gasteiger partial charge in [0.15, 0.2) is 6.10 Å². The van der Waals surface area contributed by atoms with Crippen molar-refractivity contribution in [3.05, 3.63) is 0 Å². The Labute approximate surface area is 98.1 Å². The van der Waals surface area contributed by atoms with Crippen LogP contribution in [0.25, 0.3) is 0 Å². The van der Waals surface area contributed by atoms with Gasteiger partial charge in [-0.3, -0.25) is 14.1 Å². The van der Waals surface area contributed by atoms with Gasteiger partial charge in [-0.2, -0.15) is 0 Å². The summed E-state index contributed by atoms with van der Waals surface area (Å²) < 4.78 is 23.9. The van der Waals surface area contributed by atoms with E-state index < -0.39 is 32.5 Å². The first kappa shape index (κ1) is 16.1. The lowest BCUT2D eigenvalue weighted by molar-refractivity contribution is -0.159. The molecule has 0 aliphatic heterocycles. The first-order chi connectivity index (χ1) is 7.74. The van der Waals surface area contributed by atoms with Gasteiger partial charge in [-0.1, -0.05) is 6.92 Å². The van der Waals surface area contributed by atoms with Crippen LogP contribution in [0, 0.1) is 0 Å². The van der Waals surface area contributed by atoms with E-state index in [2.05, 4.69) is 9.26 Å². The Morgan fingerprint density at radius 1 is 1.29 bits per heavy atom. The summed E-state index contributed by atoms with van der Waals surface area (Å²) in [6, 6.07) is 0. The van der Waals surface area contributed by atoms with E-state index in [1.54, 1.807) is 6.92 Å². The zero-order valence-corrected chi connectivity index (χ0v) is 10.4. The van der Waals surface area contributed by atoms with Gasteiger partial charge in [0, 0.05) is 13.3 Å². The maximum absolute atomic E-state index is 11.0. The van der Waals surface area contributed by atoms with Gasteiger partial charge in [-0.05, 0) is 0 Å². The average Bonchev–Trinajstić information content (AvgIpc) is 2.20. The monoisotopic (exact) mass is 270 g/mol. The van der Waals surface area contributed by atoms with Crippen molar-refractivity contribution < 1.29 is 37.9 Å². The molecule has 0 aromatic rings. The Morgan fingerprint density at radius 3 is 2.29 bits per heavy atom. The number of phosphoric ester groups is 1. The molecule has 0 saturated carbocycles. The second kappa shape index (κ2) is 7.39. The predicted molar refractivity (Wildman–Crippen MR) is 54.8 cm³/mol. The Hall–Kier alpha value is -0.950. The maximum atomic E-state index is 11.0. The molecule has 0 aromatic carbocycles. The molecular weight excluding hydrogens is 255 g/mol. The van der Waals surface area contributed by atoms with E-state index in [0.29, 0.717) is 0 Å². The zero-order valence-electron chi connectivity index (χ0n) is 9.49. The second-order valence-electron chi connectivity index (χ2n) is 3.05. The molecule has 0 spiro atoms. The van der Waals surface area contributed by atoms with Gasteiger partial charge in [-0.15, -0.1) is 0 Å². The van der Waals surface area contributed by atoms with Crippen molar-refractivity contribution >= 4 is 19.8 Å². The topological polar surface area (TPSA) is 119 Å². The van der Waals surface area contributed by atoms with Crippen LogP contribution in [0.5, 0.6) is 0 Å². The summed E-state index contributed by atoms with van der Waals surface area (Å²) in [5, 5.41) is 0. The van der Waals surface area contributed by atoms with E-state index in [9.17, 15) is 14.2 Å². The fraction of sp³-hybridized carbons (Fsp3) is 0.750. The summed E-state index contributed by atoms with van der Waals surface area (Å²) in [5.74, 6) is -1.19. The number of hydrogen-bond donors (Lipinski definition) is 2. The van der Waals surface area contributed by atoms with Crippen LogP contribution in [0.2, 0.25) is 0 Å². The highest BCUT2D eigenvalue weighted by Crippen LogP contribution is 2.35. The van der Waals surface area contributed by atoms with Gasteiger partial charge in [0.05, 0.1) is 6.61 Å². The lowest BCUT2D eigenvalue weighted by Crippen LogP contribution is -2.28. The quantitative estimate of drug-likeness (QED) is 0.489. The van der Waals surface area contributed by atoms with Gasteiger partial charge in [0.1, 0.15) is 6.61 Å². The Kier molecular flexibility index (Phi) is 6.98. The van der Waals surface area contributed by atoms with Crippen LogP contribution in [0.15, 0.2) is 0 Å². The third kappa shape index (κ3) is 9.95. The van der Waals surface area contributed by atoms with E-state index in [0.717, 1.165) is 6.92 Å².